The van der Waals surface area contributed by atoms with Crippen molar-refractivity contribution in [1.82, 2.24) is 4.72 Å². The van der Waals surface area contributed by atoms with E-state index >= 15 is 0 Å². The first-order valence-electron chi connectivity index (χ1n) is 8.01. The van der Waals surface area contributed by atoms with Gasteiger partial charge in [-0.3, -0.25) is 0 Å². The lowest BCUT2D eigenvalue weighted by atomic mass is 9.85. The highest BCUT2D eigenvalue weighted by Crippen LogP contribution is 2.31. The fourth-order valence-electron chi connectivity index (χ4n) is 3.27. The number of nitrogens with one attached hydrogen (secondary N) is 1. The number of aryl methyl sites for hydroxylation is 2. The van der Waals surface area contributed by atoms with Gasteiger partial charge in [0, 0.05) is 5.54 Å². The molecule has 1 fully saturated rings. The second kappa shape index (κ2) is 5.81. The van der Waals surface area contributed by atoms with Gasteiger partial charge in [-0.05, 0) is 49.3 Å². The van der Waals surface area contributed by atoms with Gasteiger partial charge in [0.25, 0.3) is 0 Å². The van der Waals surface area contributed by atoms with E-state index in [1.807, 2.05) is 12.1 Å². The van der Waals surface area contributed by atoms with Gasteiger partial charge in [-0.25, -0.2) is 21.6 Å². The predicted octanol–water partition coefficient (Wildman–Crippen LogP) is 2.46. The molecule has 1 aromatic carbocycles. The smallest absolute Gasteiger partial charge is 0.229 e. The lowest BCUT2D eigenvalue weighted by molar-refractivity contribution is 0.461. The molecule has 1 saturated heterocycles. The van der Waals surface area contributed by atoms with E-state index in [4.69, 9.17) is 0 Å². The number of hydrogen-bond donors (Lipinski definition) is 1. The molecule has 1 heterocycles. The number of benzene rings is 1. The Bertz CT molecular complexity index is 841. The number of sulfonamides is 1. The second-order valence-corrected chi connectivity index (χ2v) is 12.0. The molecule has 2 rings (SSSR count). The predicted molar refractivity (Wildman–Crippen MR) is 96.6 cm³/mol. The average molecular weight is 374 g/mol. The third-order valence-corrected chi connectivity index (χ3v) is 8.33. The first-order chi connectivity index (χ1) is 10.7. The van der Waals surface area contributed by atoms with Gasteiger partial charge in [0.2, 0.25) is 10.0 Å². The van der Waals surface area contributed by atoms with E-state index < -0.39 is 25.4 Å². The quantitative estimate of drug-likeness (QED) is 0.882. The van der Waals surface area contributed by atoms with E-state index in [0.29, 0.717) is 17.5 Å². The zero-order valence-corrected chi connectivity index (χ0v) is 16.9. The minimum absolute atomic E-state index is 0.0208. The summed E-state index contributed by atoms with van der Waals surface area (Å²) in [5.41, 5.74) is 1.41. The SMILES string of the molecule is Cc1cc(C(C)(C)C)cc(C)c1S(=O)(=O)N[C@]1(C)CCS(=O)(=O)C1. The van der Waals surface area contributed by atoms with Crippen LogP contribution in [0.5, 0.6) is 0 Å². The number of hydrogen-bond acceptors (Lipinski definition) is 4. The summed E-state index contributed by atoms with van der Waals surface area (Å²) in [7, 11) is -6.97. The summed E-state index contributed by atoms with van der Waals surface area (Å²) >= 11 is 0. The minimum Gasteiger partial charge on any atom is -0.229 e. The molecule has 0 aromatic heterocycles. The summed E-state index contributed by atoms with van der Waals surface area (Å²) in [5, 5.41) is 0. The summed E-state index contributed by atoms with van der Waals surface area (Å²) in [6.45, 7) is 11.5. The second-order valence-electron chi connectivity index (χ2n) is 8.20. The third kappa shape index (κ3) is 4.00. The Balaban J connectivity index is 2.44. The van der Waals surface area contributed by atoms with Gasteiger partial charge in [-0.1, -0.05) is 32.9 Å². The molecule has 1 atom stereocenters. The van der Waals surface area contributed by atoms with Gasteiger partial charge in [0.1, 0.15) is 0 Å². The fourth-order valence-corrected chi connectivity index (χ4v) is 7.35. The summed E-state index contributed by atoms with van der Waals surface area (Å²) in [6, 6.07) is 3.80. The molecule has 0 amide bonds. The van der Waals surface area contributed by atoms with E-state index in [1.54, 1.807) is 20.8 Å². The van der Waals surface area contributed by atoms with Crippen LogP contribution in [0, 0.1) is 13.8 Å². The van der Waals surface area contributed by atoms with Crippen LogP contribution in [-0.4, -0.2) is 33.9 Å². The van der Waals surface area contributed by atoms with Gasteiger partial charge in [0.05, 0.1) is 16.4 Å². The Hall–Kier alpha value is -0.920. The summed E-state index contributed by atoms with van der Waals surface area (Å²) in [4.78, 5) is 0.251. The Labute approximate surface area is 145 Å². The third-order valence-electron chi connectivity index (χ3n) is 4.48. The molecular weight excluding hydrogens is 346 g/mol. The molecule has 0 bridgehead atoms. The Morgan fingerprint density at radius 3 is 2.00 bits per heavy atom. The molecule has 1 aliphatic rings. The standard InChI is InChI=1S/C17H27NO4S2/c1-12-9-14(16(3,4)5)10-13(2)15(12)24(21,22)18-17(6)7-8-23(19,20)11-17/h9-10,18H,7-8,11H2,1-6H3/t17-/m1/s1. The molecule has 7 heteroatoms. The molecular formula is C17H27NO4S2. The van der Waals surface area contributed by atoms with Crippen LogP contribution in [-0.2, 0) is 25.3 Å². The van der Waals surface area contributed by atoms with Crippen molar-refractivity contribution in [1.29, 1.82) is 0 Å². The van der Waals surface area contributed by atoms with Crippen molar-refractivity contribution in [2.45, 2.75) is 63.8 Å². The lowest BCUT2D eigenvalue weighted by Gasteiger charge is -2.26. The topological polar surface area (TPSA) is 80.3 Å². The van der Waals surface area contributed by atoms with Crippen molar-refractivity contribution >= 4 is 19.9 Å². The summed E-state index contributed by atoms with van der Waals surface area (Å²) < 4.78 is 51.9. The van der Waals surface area contributed by atoms with Crippen LogP contribution in [0.4, 0.5) is 0 Å². The highest BCUT2D eigenvalue weighted by atomic mass is 32.2. The number of rotatable bonds is 3. The maximum absolute atomic E-state index is 12.9. The molecule has 1 N–H and O–H groups in total. The van der Waals surface area contributed by atoms with Gasteiger partial charge < -0.3 is 0 Å². The largest absolute Gasteiger partial charge is 0.241 e. The summed E-state index contributed by atoms with van der Waals surface area (Å²) in [6.07, 6.45) is 0.298. The zero-order chi connectivity index (χ0) is 18.6. The average Bonchev–Trinajstić information content (AvgIpc) is 2.59. The molecule has 1 aliphatic heterocycles. The van der Waals surface area contributed by atoms with E-state index in [9.17, 15) is 16.8 Å². The molecule has 0 radical (unpaired) electrons. The molecule has 0 unspecified atom stereocenters. The maximum atomic E-state index is 12.9. The van der Waals surface area contributed by atoms with Crippen molar-refractivity contribution in [2.75, 3.05) is 11.5 Å². The first-order valence-corrected chi connectivity index (χ1v) is 11.3. The van der Waals surface area contributed by atoms with E-state index in [1.165, 1.54) is 0 Å². The van der Waals surface area contributed by atoms with Crippen molar-refractivity contribution in [3.8, 4) is 0 Å². The van der Waals surface area contributed by atoms with Crippen LogP contribution in [0.1, 0.15) is 50.8 Å². The highest BCUT2D eigenvalue weighted by Gasteiger charge is 2.42. The normalized spacial score (nSPS) is 24.2. The highest BCUT2D eigenvalue weighted by molar-refractivity contribution is 7.92. The Kier molecular flexibility index (Phi) is 4.70. The van der Waals surface area contributed by atoms with Crippen LogP contribution in [0.15, 0.2) is 17.0 Å². The summed E-state index contributed by atoms with van der Waals surface area (Å²) in [5.74, 6) is -0.135. The molecule has 5 nitrogen and oxygen atoms in total. The van der Waals surface area contributed by atoms with Crippen LogP contribution in [0.3, 0.4) is 0 Å². The molecule has 24 heavy (non-hydrogen) atoms. The van der Waals surface area contributed by atoms with Crippen molar-refractivity contribution in [3.63, 3.8) is 0 Å². The van der Waals surface area contributed by atoms with E-state index in [-0.39, 0.29) is 21.8 Å². The van der Waals surface area contributed by atoms with Crippen molar-refractivity contribution < 1.29 is 16.8 Å². The van der Waals surface area contributed by atoms with Crippen LogP contribution >= 0.6 is 0 Å². The van der Waals surface area contributed by atoms with Gasteiger partial charge >= 0.3 is 0 Å². The van der Waals surface area contributed by atoms with Gasteiger partial charge in [-0.15, -0.1) is 0 Å². The van der Waals surface area contributed by atoms with Crippen LogP contribution < -0.4 is 4.72 Å². The first kappa shape index (κ1) is 19.4. The molecule has 136 valence electrons. The zero-order valence-electron chi connectivity index (χ0n) is 15.2. The molecule has 0 saturated carbocycles. The monoisotopic (exact) mass is 373 g/mol. The van der Waals surface area contributed by atoms with Crippen molar-refractivity contribution in [3.05, 3.63) is 28.8 Å². The Morgan fingerprint density at radius 2 is 1.62 bits per heavy atom. The van der Waals surface area contributed by atoms with Crippen LogP contribution in [0.2, 0.25) is 0 Å². The molecule has 1 aromatic rings. The van der Waals surface area contributed by atoms with Gasteiger partial charge in [-0.2, -0.15) is 0 Å². The Morgan fingerprint density at radius 1 is 1.12 bits per heavy atom. The minimum atomic E-state index is -3.79. The van der Waals surface area contributed by atoms with E-state index in [0.717, 1.165) is 5.56 Å². The molecule has 0 spiro atoms. The lowest BCUT2D eigenvalue weighted by Crippen LogP contribution is -2.47. The van der Waals surface area contributed by atoms with Crippen LogP contribution in [0.25, 0.3) is 0 Å². The molecule has 0 aliphatic carbocycles. The van der Waals surface area contributed by atoms with Gasteiger partial charge in [0.15, 0.2) is 9.84 Å². The maximum Gasteiger partial charge on any atom is 0.241 e. The number of sulfone groups is 1. The van der Waals surface area contributed by atoms with E-state index in [2.05, 4.69) is 25.5 Å². The fraction of sp³-hybridized carbons (Fsp3) is 0.647. The van der Waals surface area contributed by atoms with Crippen molar-refractivity contribution in [2.24, 2.45) is 0 Å².